The number of aromatic nitrogens is 3. The van der Waals surface area contributed by atoms with Crippen LogP contribution in [0.3, 0.4) is 0 Å². The summed E-state index contributed by atoms with van der Waals surface area (Å²) in [5, 5.41) is 0. The highest BCUT2D eigenvalue weighted by atomic mass is 16.5. The van der Waals surface area contributed by atoms with Crippen molar-refractivity contribution < 1.29 is 4.74 Å². The first kappa shape index (κ1) is 13.9. The van der Waals surface area contributed by atoms with Gasteiger partial charge in [0, 0.05) is 18.9 Å². The number of methoxy groups -OCH3 is 1. The molecular formula is C18H18N4O. The van der Waals surface area contributed by atoms with Crippen molar-refractivity contribution in [3.63, 3.8) is 0 Å². The lowest BCUT2D eigenvalue weighted by molar-refractivity contribution is 0.414. The third kappa shape index (κ3) is 2.59. The van der Waals surface area contributed by atoms with E-state index >= 15 is 0 Å². The minimum Gasteiger partial charge on any atom is -0.497 e. The molecule has 0 radical (unpaired) electrons. The molecule has 23 heavy (non-hydrogen) atoms. The van der Waals surface area contributed by atoms with Crippen LogP contribution in [-0.2, 0) is 0 Å². The largest absolute Gasteiger partial charge is 0.497 e. The van der Waals surface area contributed by atoms with E-state index in [9.17, 15) is 0 Å². The fraction of sp³-hybridized carbons (Fsp3) is 0.278. The molecule has 1 unspecified atom stereocenters. The van der Waals surface area contributed by atoms with Crippen LogP contribution in [0.4, 0.5) is 5.82 Å². The van der Waals surface area contributed by atoms with Crippen LogP contribution in [0.25, 0.3) is 11.2 Å². The maximum Gasteiger partial charge on any atom is 0.180 e. The summed E-state index contributed by atoms with van der Waals surface area (Å²) in [5.74, 6) is 1.86. The van der Waals surface area contributed by atoms with Crippen molar-refractivity contribution in [3.05, 3.63) is 54.4 Å². The first-order chi connectivity index (χ1) is 11.3. The molecule has 1 aromatic carbocycles. The van der Waals surface area contributed by atoms with Crippen molar-refractivity contribution in [1.82, 2.24) is 15.0 Å². The topological polar surface area (TPSA) is 51.1 Å². The van der Waals surface area contributed by atoms with Gasteiger partial charge in [0.1, 0.15) is 17.1 Å². The number of pyridine rings is 1. The van der Waals surface area contributed by atoms with Gasteiger partial charge in [0.05, 0.1) is 13.2 Å². The maximum atomic E-state index is 5.25. The summed E-state index contributed by atoms with van der Waals surface area (Å²) in [6.45, 7) is 1.01. The summed E-state index contributed by atoms with van der Waals surface area (Å²) in [4.78, 5) is 15.7. The van der Waals surface area contributed by atoms with E-state index in [0.29, 0.717) is 11.7 Å². The van der Waals surface area contributed by atoms with Gasteiger partial charge >= 0.3 is 0 Å². The van der Waals surface area contributed by atoms with E-state index in [1.54, 1.807) is 19.5 Å². The third-order valence-electron chi connectivity index (χ3n) is 4.36. The van der Waals surface area contributed by atoms with Crippen molar-refractivity contribution in [1.29, 1.82) is 0 Å². The molecule has 0 spiro atoms. The summed E-state index contributed by atoms with van der Waals surface area (Å²) in [6.07, 6.45) is 5.67. The van der Waals surface area contributed by atoms with Gasteiger partial charge in [-0.15, -0.1) is 0 Å². The minimum atomic E-state index is 0.350. The standard InChI is InChI=1S/C18H18N4O/c1-23-14-6-4-13(5-7-14)16-3-2-12-22(16)17-9-8-15-18(21-17)20-11-10-19-15/h4-11,16H,2-3,12H2,1H3. The lowest BCUT2D eigenvalue weighted by Gasteiger charge is -2.26. The van der Waals surface area contributed by atoms with Gasteiger partial charge in [0.2, 0.25) is 0 Å². The number of ether oxygens (including phenoxy) is 1. The highest BCUT2D eigenvalue weighted by Crippen LogP contribution is 2.36. The molecule has 2 aromatic heterocycles. The van der Waals surface area contributed by atoms with E-state index in [2.05, 4.69) is 27.0 Å². The number of rotatable bonds is 3. The normalized spacial score (nSPS) is 17.6. The van der Waals surface area contributed by atoms with Gasteiger partial charge in [0.25, 0.3) is 0 Å². The number of hydrogen-bond acceptors (Lipinski definition) is 5. The smallest absolute Gasteiger partial charge is 0.180 e. The van der Waals surface area contributed by atoms with E-state index in [0.717, 1.165) is 36.5 Å². The highest BCUT2D eigenvalue weighted by molar-refractivity contribution is 5.71. The molecule has 1 fully saturated rings. The average molecular weight is 306 g/mol. The van der Waals surface area contributed by atoms with Crippen LogP contribution in [0.15, 0.2) is 48.8 Å². The number of hydrogen-bond donors (Lipinski definition) is 0. The molecule has 5 nitrogen and oxygen atoms in total. The maximum absolute atomic E-state index is 5.25. The minimum absolute atomic E-state index is 0.350. The fourth-order valence-corrected chi connectivity index (χ4v) is 3.22. The summed E-state index contributed by atoms with van der Waals surface area (Å²) in [6, 6.07) is 12.7. The van der Waals surface area contributed by atoms with Gasteiger partial charge in [-0.25, -0.2) is 9.97 Å². The monoisotopic (exact) mass is 306 g/mol. The van der Waals surface area contributed by atoms with Crippen LogP contribution in [0.5, 0.6) is 5.75 Å². The lowest BCUT2D eigenvalue weighted by Crippen LogP contribution is -2.23. The van der Waals surface area contributed by atoms with Crippen molar-refractivity contribution in [3.8, 4) is 5.75 Å². The van der Waals surface area contributed by atoms with Crippen LogP contribution in [0.1, 0.15) is 24.4 Å². The molecule has 3 heterocycles. The van der Waals surface area contributed by atoms with Crippen molar-refractivity contribution in [2.45, 2.75) is 18.9 Å². The Bertz CT molecular complexity index is 819. The fourth-order valence-electron chi connectivity index (χ4n) is 3.22. The quantitative estimate of drug-likeness (QED) is 0.742. The summed E-state index contributed by atoms with van der Waals surface area (Å²) in [5.41, 5.74) is 2.83. The van der Waals surface area contributed by atoms with E-state index in [1.165, 1.54) is 5.56 Å². The van der Waals surface area contributed by atoms with Gasteiger partial charge in [-0.05, 0) is 42.7 Å². The molecule has 4 rings (SSSR count). The highest BCUT2D eigenvalue weighted by Gasteiger charge is 2.27. The molecule has 0 N–H and O–H groups in total. The Morgan fingerprint density at radius 3 is 2.70 bits per heavy atom. The zero-order valence-corrected chi connectivity index (χ0v) is 13.0. The molecule has 1 aliphatic heterocycles. The predicted octanol–water partition coefficient (Wildman–Crippen LogP) is 3.37. The zero-order valence-electron chi connectivity index (χ0n) is 13.0. The molecule has 0 aliphatic carbocycles. The zero-order chi connectivity index (χ0) is 15.6. The second-order valence-corrected chi connectivity index (χ2v) is 5.69. The molecule has 3 aromatic rings. The second kappa shape index (κ2) is 5.83. The number of anilines is 1. The summed E-state index contributed by atoms with van der Waals surface area (Å²) in [7, 11) is 1.69. The number of nitrogens with zero attached hydrogens (tertiary/aromatic N) is 4. The average Bonchev–Trinajstić information content (AvgIpc) is 3.11. The Morgan fingerprint density at radius 1 is 1.04 bits per heavy atom. The van der Waals surface area contributed by atoms with Crippen molar-refractivity contribution in [2.75, 3.05) is 18.6 Å². The summed E-state index contributed by atoms with van der Waals surface area (Å²) < 4.78 is 5.25. The molecule has 1 atom stereocenters. The summed E-state index contributed by atoms with van der Waals surface area (Å²) >= 11 is 0. The Kier molecular flexibility index (Phi) is 3.54. The number of benzene rings is 1. The van der Waals surface area contributed by atoms with E-state index < -0.39 is 0 Å². The van der Waals surface area contributed by atoms with Crippen LogP contribution in [0.2, 0.25) is 0 Å². The van der Waals surface area contributed by atoms with Gasteiger partial charge in [-0.1, -0.05) is 12.1 Å². The van der Waals surface area contributed by atoms with Gasteiger partial charge in [0.15, 0.2) is 5.65 Å². The lowest BCUT2D eigenvalue weighted by atomic mass is 10.0. The van der Waals surface area contributed by atoms with Gasteiger partial charge in [-0.2, -0.15) is 0 Å². The van der Waals surface area contributed by atoms with Gasteiger partial charge < -0.3 is 9.64 Å². The Morgan fingerprint density at radius 2 is 1.87 bits per heavy atom. The molecule has 0 amide bonds. The molecule has 1 saturated heterocycles. The van der Waals surface area contributed by atoms with Crippen molar-refractivity contribution >= 4 is 17.0 Å². The van der Waals surface area contributed by atoms with Crippen LogP contribution in [-0.4, -0.2) is 28.6 Å². The first-order valence-corrected chi connectivity index (χ1v) is 7.83. The van der Waals surface area contributed by atoms with Crippen LogP contribution < -0.4 is 9.64 Å². The van der Waals surface area contributed by atoms with Crippen LogP contribution >= 0.6 is 0 Å². The molecule has 5 heteroatoms. The predicted molar refractivity (Wildman–Crippen MR) is 89.6 cm³/mol. The molecule has 0 bridgehead atoms. The molecule has 116 valence electrons. The Hall–Kier alpha value is -2.69. The van der Waals surface area contributed by atoms with Crippen LogP contribution in [0, 0.1) is 0 Å². The molecular weight excluding hydrogens is 288 g/mol. The van der Waals surface area contributed by atoms with Crippen molar-refractivity contribution in [2.24, 2.45) is 0 Å². The van der Waals surface area contributed by atoms with E-state index in [1.807, 2.05) is 24.3 Å². The third-order valence-corrected chi connectivity index (χ3v) is 4.36. The van der Waals surface area contributed by atoms with E-state index in [-0.39, 0.29) is 0 Å². The Balaban J connectivity index is 1.67. The van der Waals surface area contributed by atoms with Gasteiger partial charge in [-0.3, -0.25) is 4.98 Å². The van der Waals surface area contributed by atoms with E-state index in [4.69, 9.17) is 9.72 Å². The SMILES string of the molecule is COc1ccc(C2CCCN2c2ccc3nccnc3n2)cc1. The second-order valence-electron chi connectivity index (χ2n) is 5.69. The first-order valence-electron chi connectivity index (χ1n) is 7.83. The molecule has 1 aliphatic rings. The Labute approximate surface area is 135 Å². The molecule has 0 saturated carbocycles. The number of fused-ring (bicyclic) bond motifs is 1.